The first-order valence-corrected chi connectivity index (χ1v) is 18.4. The van der Waals surface area contributed by atoms with E-state index in [4.69, 9.17) is 4.74 Å². The molecule has 0 aliphatic carbocycles. The number of ketones is 3. The molecule has 0 bridgehead atoms. The van der Waals surface area contributed by atoms with Crippen molar-refractivity contribution < 1.29 is 57.0 Å². The van der Waals surface area contributed by atoms with Crippen LogP contribution in [0.4, 0.5) is 8.78 Å². The second kappa shape index (κ2) is 20.4. The monoisotopic (exact) mass is 785 g/mol. The van der Waals surface area contributed by atoms with E-state index in [0.717, 1.165) is 4.90 Å². The average molecular weight is 786 g/mol. The largest absolute Gasteiger partial charge is 0.480 e. The number of Topliss-reactive ketones (excluding diaryl/α,β-unsaturated/α-hetero) is 3. The number of rotatable bonds is 22. The zero-order valence-corrected chi connectivity index (χ0v) is 32.0. The van der Waals surface area contributed by atoms with Crippen molar-refractivity contribution in [2.24, 2.45) is 23.7 Å². The number of aliphatic carboxylic acids is 1. The van der Waals surface area contributed by atoms with Crippen LogP contribution in [0.25, 0.3) is 0 Å². The van der Waals surface area contributed by atoms with E-state index < -0.39 is 95.4 Å². The van der Waals surface area contributed by atoms with Gasteiger partial charge in [0.1, 0.15) is 23.9 Å². The van der Waals surface area contributed by atoms with Crippen molar-refractivity contribution in [3.63, 3.8) is 0 Å². The number of carbonyl (C=O) groups is 8. The maximum absolute atomic E-state index is 15.5. The average Bonchev–Trinajstić information content (AvgIpc) is 3.59. The number of alkyl halides is 2. The number of carbonyl (C=O) groups excluding carboxylic acids is 7. The minimum absolute atomic E-state index is 0.0628. The van der Waals surface area contributed by atoms with Crippen molar-refractivity contribution >= 4 is 47.5 Å². The van der Waals surface area contributed by atoms with Crippen LogP contribution in [0, 0.1) is 23.7 Å². The summed E-state index contributed by atoms with van der Waals surface area (Å²) in [4.78, 5) is 113. The van der Waals surface area contributed by atoms with Gasteiger partial charge in [-0.15, -0.1) is 0 Å². The molecule has 0 saturated carbocycles. The fourth-order valence-corrected chi connectivity index (χ4v) is 6.57. The van der Waals surface area contributed by atoms with Gasteiger partial charge in [-0.2, -0.15) is 8.78 Å². The summed E-state index contributed by atoms with van der Waals surface area (Å²) in [5.74, 6) is -16.5. The van der Waals surface area contributed by atoms with E-state index in [1.54, 1.807) is 70.3 Å². The summed E-state index contributed by atoms with van der Waals surface area (Å²) < 4.78 is 36.1. The zero-order chi connectivity index (χ0) is 41.7. The van der Waals surface area contributed by atoms with E-state index in [9.17, 15) is 43.5 Å². The van der Waals surface area contributed by atoms with E-state index in [0.29, 0.717) is 5.56 Å². The highest BCUT2D eigenvalue weighted by Crippen LogP contribution is 2.30. The van der Waals surface area contributed by atoms with E-state index in [2.05, 4.69) is 15.3 Å². The molecule has 3 amide bonds. The third-order valence-corrected chi connectivity index (χ3v) is 9.73. The summed E-state index contributed by atoms with van der Waals surface area (Å²) in [6.45, 7) is 8.16. The Morgan fingerprint density at radius 1 is 1.00 bits per heavy atom. The molecule has 6 atom stereocenters. The number of carboxylic acid groups (broad SMARTS) is 1. The lowest BCUT2D eigenvalue weighted by molar-refractivity contribution is -0.163. The van der Waals surface area contributed by atoms with Gasteiger partial charge in [0.15, 0.2) is 11.6 Å². The lowest BCUT2D eigenvalue weighted by Crippen LogP contribution is -2.56. The van der Waals surface area contributed by atoms with Crippen LogP contribution in [0.2, 0.25) is 0 Å². The van der Waals surface area contributed by atoms with Gasteiger partial charge < -0.3 is 25.4 Å². The van der Waals surface area contributed by atoms with Gasteiger partial charge in [0.25, 0.3) is 12.4 Å². The molecule has 1 fully saturated rings. The zero-order valence-electron chi connectivity index (χ0n) is 32.0. The quantitative estimate of drug-likeness (QED) is 0.0892. The molecular formula is C39H49F2N5O10. The molecule has 17 heteroatoms. The second-order valence-electron chi connectivity index (χ2n) is 14.5. The van der Waals surface area contributed by atoms with E-state index in [-0.39, 0.29) is 56.7 Å². The van der Waals surface area contributed by atoms with Crippen molar-refractivity contribution in [2.75, 3.05) is 6.54 Å². The number of nitrogens with one attached hydrogen (secondary N) is 2. The highest BCUT2D eigenvalue weighted by Gasteiger charge is 2.52. The Bertz CT molecular complexity index is 1730. The molecule has 1 saturated heterocycles. The fourth-order valence-electron chi connectivity index (χ4n) is 6.57. The molecule has 0 radical (unpaired) electrons. The number of aromatic nitrogens is 2. The van der Waals surface area contributed by atoms with Crippen molar-refractivity contribution in [1.29, 1.82) is 0 Å². The normalized spacial score (nSPS) is 17.7. The van der Waals surface area contributed by atoms with Crippen LogP contribution in [-0.2, 0) is 44.7 Å². The lowest BCUT2D eigenvalue weighted by atomic mass is 9.87. The first-order valence-electron chi connectivity index (χ1n) is 18.4. The van der Waals surface area contributed by atoms with Crippen molar-refractivity contribution in [3.8, 4) is 0 Å². The number of nitrogens with zero attached hydrogens (tertiary/aromatic N) is 3. The Balaban J connectivity index is 1.81. The number of hydrogen-bond donors (Lipinski definition) is 3. The highest BCUT2D eigenvalue weighted by molar-refractivity contribution is 6.10. The lowest BCUT2D eigenvalue weighted by Gasteiger charge is -2.32. The van der Waals surface area contributed by atoms with Gasteiger partial charge in [0.05, 0.1) is 18.8 Å². The minimum atomic E-state index is -4.71. The fraction of sp³-hybridized carbons (Fsp3) is 0.538. The van der Waals surface area contributed by atoms with Crippen molar-refractivity contribution in [2.45, 2.75) is 103 Å². The number of amides is 3. The van der Waals surface area contributed by atoms with Gasteiger partial charge in [-0.25, -0.2) is 9.78 Å². The van der Waals surface area contributed by atoms with Gasteiger partial charge in [-0.05, 0) is 23.8 Å². The Labute approximate surface area is 323 Å². The Kier molecular flexibility index (Phi) is 16.4. The summed E-state index contributed by atoms with van der Waals surface area (Å²) in [5, 5.41) is 14.1. The SMILES string of the molecule is CCC[C@H](CC(=O)[C@@H]1C[C@@H](OC=O)CN1C(=O)[C@@H](NC(=O)[C@@H](CC(=O)c1cnccn1)C(C)C)C(C)C)C(=O)C(F)(F)C(=O)N[C@@H](Cc1ccccc1)C(=O)O. The Morgan fingerprint density at radius 3 is 2.23 bits per heavy atom. The predicted octanol–water partition coefficient (Wildman–Crippen LogP) is 3.00. The molecule has 2 aromatic rings. The molecular weight excluding hydrogens is 736 g/mol. The Hall–Kier alpha value is -5.48. The number of benzene rings is 1. The summed E-state index contributed by atoms with van der Waals surface area (Å²) in [6.07, 6.45) is 1.31. The van der Waals surface area contributed by atoms with Gasteiger partial charge in [0, 0.05) is 49.9 Å². The van der Waals surface area contributed by atoms with Gasteiger partial charge in [0.2, 0.25) is 17.6 Å². The summed E-state index contributed by atoms with van der Waals surface area (Å²) >= 11 is 0. The Morgan fingerprint density at radius 2 is 1.68 bits per heavy atom. The van der Waals surface area contributed by atoms with E-state index in [1.165, 1.54) is 18.6 Å². The molecule has 1 aliphatic rings. The minimum Gasteiger partial charge on any atom is -0.480 e. The molecule has 1 aromatic carbocycles. The van der Waals surface area contributed by atoms with Crippen molar-refractivity contribution in [1.82, 2.24) is 25.5 Å². The van der Waals surface area contributed by atoms with Gasteiger partial charge >= 0.3 is 11.9 Å². The first kappa shape index (κ1) is 44.9. The molecule has 3 rings (SSSR count). The summed E-state index contributed by atoms with van der Waals surface area (Å²) in [7, 11) is 0. The number of hydrogen-bond acceptors (Lipinski definition) is 11. The smallest absolute Gasteiger partial charge is 0.381 e. The maximum Gasteiger partial charge on any atom is 0.381 e. The van der Waals surface area contributed by atoms with Crippen LogP contribution in [0.1, 0.15) is 82.8 Å². The molecule has 0 spiro atoms. The van der Waals surface area contributed by atoms with Crippen LogP contribution < -0.4 is 10.6 Å². The first-order chi connectivity index (χ1) is 26.4. The van der Waals surface area contributed by atoms with Crippen molar-refractivity contribution in [3.05, 3.63) is 60.2 Å². The molecule has 304 valence electrons. The molecule has 0 unspecified atom stereocenters. The number of ether oxygens (including phenoxy) is 1. The summed E-state index contributed by atoms with van der Waals surface area (Å²) in [6, 6.07) is 3.56. The number of carboxylic acids is 1. The molecule has 1 aromatic heterocycles. The molecule has 56 heavy (non-hydrogen) atoms. The topological polar surface area (TPSA) is 219 Å². The van der Waals surface area contributed by atoms with E-state index >= 15 is 8.78 Å². The third-order valence-electron chi connectivity index (χ3n) is 9.73. The predicted molar refractivity (Wildman–Crippen MR) is 195 cm³/mol. The maximum atomic E-state index is 15.5. The van der Waals surface area contributed by atoms with Crippen LogP contribution in [0.3, 0.4) is 0 Å². The summed E-state index contributed by atoms with van der Waals surface area (Å²) in [5.41, 5.74) is 0.497. The van der Waals surface area contributed by atoms with Crippen LogP contribution in [0.5, 0.6) is 0 Å². The van der Waals surface area contributed by atoms with Crippen LogP contribution in [0.15, 0.2) is 48.9 Å². The molecule has 2 heterocycles. The van der Waals surface area contributed by atoms with Crippen LogP contribution in [-0.4, -0.2) is 104 Å². The highest BCUT2D eigenvalue weighted by atomic mass is 19.3. The van der Waals surface area contributed by atoms with Gasteiger partial charge in [-0.3, -0.25) is 38.5 Å². The number of halogens is 2. The van der Waals surface area contributed by atoms with E-state index in [1.807, 2.05) is 0 Å². The molecule has 15 nitrogen and oxygen atoms in total. The third kappa shape index (κ3) is 11.8. The standard InChI is InChI=1S/C39H49F2N5O10/c1-6-10-25(34(50)39(40,41)38(55)44-28(37(53)54)15-24-11-8-7-9-12-24)16-32(49)30-17-26(56-21-47)20-46(30)36(52)33(23(4)5)45-35(51)27(22(2)3)18-31(48)29-19-42-13-14-43-29/h7-9,11-14,19,21-23,25-28,30,33H,6,10,15-18,20H2,1-5H3,(H,44,55)(H,45,51)(H,53,54)/t25-,26-,27+,28+,30+,33+/m1/s1. The second-order valence-corrected chi connectivity index (χ2v) is 14.5. The number of likely N-dealkylation sites (tertiary alicyclic amines) is 1. The molecule has 3 N–H and O–H groups in total. The molecule has 1 aliphatic heterocycles. The van der Waals surface area contributed by atoms with Gasteiger partial charge in [-0.1, -0.05) is 71.4 Å². The van der Waals surface area contributed by atoms with Crippen LogP contribution >= 0.6 is 0 Å².